The molecular weight excluding hydrogens is 300 g/mol. The predicted molar refractivity (Wildman–Crippen MR) is 84.6 cm³/mol. The summed E-state index contributed by atoms with van der Waals surface area (Å²) in [6.07, 6.45) is 7.42. The van der Waals surface area contributed by atoms with Gasteiger partial charge in [0.05, 0.1) is 22.6 Å². The Morgan fingerprint density at radius 3 is 2.77 bits per heavy atom. The molecule has 1 unspecified atom stereocenters. The van der Waals surface area contributed by atoms with Gasteiger partial charge in [0.15, 0.2) is 5.82 Å². The number of fused-ring (bicyclic) bond motifs is 1. The molecule has 0 spiro atoms. The number of hydrogen-bond acceptors (Lipinski definition) is 6. The first-order valence-corrected chi connectivity index (χ1v) is 8.20. The topological polar surface area (TPSA) is 99.6 Å². The van der Waals surface area contributed by atoms with Gasteiger partial charge in [0, 0.05) is 30.9 Å². The van der Waals surface area contributed by atoms with E-state index in [2.05, 4.69) is 19.9 Å². The lowest BCUT2D eigenvalue weighted by Gasteiger charge is -2.06. The van der Waals surface area contributed by atoms with Gasteiger partial charge in [-0.1, -0.05) is 0 Å². The van der Waals surface area contributed by atoms with Crippen LogP contribution >= 0.6 is 0 Å². The Bertz CT molecular complexity index is 817. The smallest absolute Gasteiger partial charge is 0.218 e. The van der Waals surface area contributed by atoms with Crippen molar-refractivity contribution in [2.24, 2.45) is 0 Å². The molecule has 8 heteroatoms. The molecule has 3 aromatic rings. The van der Waals surface area contributed by atoms with E-state index in [1.54, 1.807) is 31.0 Å². The fraction of sp³-hybridized carbons (Fsp3) is 0.286. The summed E-state index contributed by atoms with van der Waals surface area (Å²) in [6.45, 7) is 2.68. The number of rotatable bonds is 5. The van der Waals surface area contributed by atoms with E-state index in [9.17, 15) is 4.21 Å². The van der Waals surface area contributed by atoms with E-state index in [1.807, 2.05) is 11.5 Å². The van der Waals surface area contributed by atoms with E-state index in [4.69, 9.17) is 5.73 Å². The van der Waals surface area contributed by atoms with Crippen LogP contribution in [0.2, 0.25) is 0 Å². The van der Waals surface area contributed by atoms with Gasteiger partial charge in [-0.15, -0.1) is 0 Å². The van der Waals surface area contributed by atoms with E-state index in [-0.39, 0.29) is 0 Å². The zero-order valence-electron chi connectivity index (χ0n) is 12.1. The van der Waals surface area contributed by atoms with Gasteiger partial charge in [-0.2, -0.15) is 0 Å². The second-order valence-electron chi connectivity index (χ2n) is 4.90. The summed E-state index contributed by atoms with van der Waals surface area (Å²) in [5.41, 5.74) is 8.56. The van der Waals surface area contributed by atoms with Crippen molar-refractivity contribution in [3.8, 4) is 0 Å². The van der Waals surface area contributed by atoms with Crippen LogP contribution < -0.4 is 5.73 Å². The minimum Gasteiger partial charge on any atom is -0.382 e. The average molecular weight is 316 g/mol. The van der Waals surface area contributed by atoms with Crippen molar-refractivity contribution in [1.82, 2.24) is 24.5 Å². The highest BCUT2D eigenvalue weighted by atomic mass is 32.2. The molecule has 0 fully saturated rings. The molecule has 1 atom stereocenters. The summed E-state index contributed by atoms with van der Waals surface area (Å²) < 4.78 is 14.1. The molecule has 3 aromatic heterocycles. The van der Waals surface area contributed by atoms with Gasteiger partial charge >= 0.3 is 0 Å². The second-order valence-corrected chi connectivity index (χ2v) is 6.36. The molecule has 0 saturated heterocycles. The number of nitrogens with two attached hydrogens (primary N) is 1. The third-order valence-electron chi connectivity index (χ3n) is 3.33. The Labute approximate surface area is 130 Å². The highest BCUT2D eigenvalue weighted by Gasteiger charge is 2.11. The van der Waals surface area contributed by atoms with Crippen LogP contribution in [0.25, 0.3) is 11.0 Å². The maximum absolute atomic E-state index is 12.1. The van der Waals surface area contributed by atoms with E-state index >= 15 is 0 Å². The number of hydrogen-bond donors (Lipinski definition) is 1. The minimum absolute atomic E-state index is 0.377. The first-order chi connectivity index (χ1) is 10.7. The van der Waals surface area contributed by atoms with Gasteiger partial charge in [0.25, 0.3) is 0 Å². The number of imidazole rings is 1. The van der Waals surface area contributed by atoms with Crippen LogP contribution in [0.15, 0.2) is 36.1 Å². The Balaban J connectivity index is 1.70. The van der Waals surface area contributed by atoms with E-state index < -0.39 is 10.8 Å². The van der Waals surface area contributed by atoms with Crippen molar-refractivity contribution in [2.45, 2.75) is 25.0 Å². The first kappa shape index (κ1) is 14.6. The van der Waals surface area contributed by atoms with Crippen LogP contribution in [-0.2, 0) is 17.3 Å². The summed E-state index contributed by atoms with van der Waals surface area (Å²) in [6, 6.07) is 1.71. The van der Waals surface area contributed by atoms with Gasteiger partial charge in [0.1, 0.15) is 5.52 Å². The van der Waals surface area contributed by atoms with E-state index in [0.29, 0.717) is 28.8 Å². The summed E-state index contributed by atoms with van der Waals surface area (Å²) in [5.74, 6) is 0.934. The van der Waals surface area contributed by atoms with Crippen LogP contribution in [0.4, 0.5) is 5.82 Å². The number of nitrogen functional groups attached to an aromatic ring is 1. The largest absolute Gasteiger partial charge is 0.382 e. The minimum atomic E-state index is -1.18. The first-order valence-electron chi connectivity index (χ1n) is 6.88. The van der Waals surface area contributed by atoms with Gasteiger partial charge in [-0.25, -0.2) is 19.9 Å². The summed E-state index contributed by atoms with van der Waals surface area (Å²) in [5, 5.41) is 0.377. The van der Waals surface area contributed by atoms with E-state index in [0.717, 1.165) is 17.5 Å². The third-order valence-corrected chi connectivity index (χ3v) is 4.60. The predicted octanol–water partition coefficient (Wildman–Crippen LogP) is 1.31. The molecule has 0 aromatic carbocycles. The van der Waals surface area contributed by atoms with Crippen molar-refractivity contribution in [2.75, 3.05) is 11.5 Å². The molecule has 0 bridgehead atoms. The lowest BCUT2D eigenvalue weighted by Crippen LogP contribution is -2.07. The van der Waals surface area contributed by atoms with Crippen molar-refractivity contribution >= 4 is 27.7 Å². The molecule has 2 N–H and O–H groups in total. The highest BCUT2D eigenvalue weighted by Crippen LogP contribution is 2.21. The summed E-state index contributed by atoms with van der Waals surface area (Å²) in [4.78, 5) is 16.4. The molecule has 0 saturated carbocycles. The maximum atomic E-state index is 12.1. The number of nitrogens with zero attached hydrogens (tertiary/aromatic N) is 5. The van der Waals surface area contributed by atoms with E-state index in [1.165, 1.54) is 0 Å². The summed E-state index contributed by atoms with van der Waals surface area (Å²) >= 11 is 0. The number of pyridine rings is 1. The van der Waals surface area contributed by atoms with Crippen LogP contribution in [-0.4, -0.2) is 34.5 Å². The third kappa shape index (κ3) is 2.82. The monoisotopic (exact) mass is 316 g/mol. The van der Waals surface area contributed by atoms with Gasteiger partial charge in [-0.05, 0) is 25.0 Å². The molecule has 3 rings (SSSR count). The Morgan fingerprint density at radius 1 is 1.23 bits per heavy atom. The molecular formula is C14H16N6OS. The average Bonchev–Trinajstić information content (AvgIpc) is 2.97. The standard InChI is InChI=1S/C14H16N6OS/c1-10-8-18-13(15)11-12(10)20(9-19-11)6-3-7-22(21)14-16-4-2-5-17-14/h2,4-5,8-9H,3,6-7H2,1H3,(H2,15,18). The van der Waals surface area contributed by atoms with Gasteiger partial charge in [-0.3, -0.25) is 4.21 Å². The Hall–Kier alpha value is -2.35. The summed E-state index contributed by atoms with van der Waals surface area (Å²) in [7, 11) is -1.18. The zero-order valence-corrected chi connectivity index (χ0v) is 13.0. The molecule has 0 amide bonds. The van der Waals surface area contributed by atoms with Crippen LogP contribution in [0.3, 0.4) is 0 Å². The number of anilines is 1. The van der Waals surface area contributed by atoms with Crippen LogP contribution in [0, 0.1) is 6.92 Å². The molecule has 0 aliphatic rings. The van der Waals surface area contributed by atoms with Crippen molar-refractivity contribution < 1.29 is 4.21 Å². The molecule has 3 heterocycles. The second kappa shape index (κ2) is 6.18. The van der Waals surface area contributed by atoms with Crippen molar-refractivity contribution in [3.05, 3.63) is 36.5 Å². The van der Waals surface area contributed by atoms with Crippen LogP contribution in [0.5, 0.6) is 0 Å². The molecule has 114 valence electrons. The van der Waals surface area contributed by atoms with Gasteiger partial charge in [0.2, 0.25) is 5.16 Å². The van der Waals surface area contributed by atoms with Crippen molar-refractivity contribution in [1.29, 1.82) is 0 Å². The zero-order chi connectivity index (χ0) is 15.5. The molecule has 7 nitrogen and oxygen atoms in total. The normalized spacial score (nSPS) is 12.6. The molecule has 0 radical (unpaired) electrons. The molecule has 22 heavy (non-hydrogen) atoms. The Kier molecular flexibility index (Phi) is 4.10. The van der Waals surface area contributed by atoms with Crippen molar-refractivity contribution in [3.63, 3.8) is 0 Å². The lowest BCUT2D eigenvalue weighted by molar-refractivity contribution is 0.658. The Morgan fingerprint density at radius 2 is 2.00 bits per heavy atom. The molecule has 0 aliphatic carbocycles. The fourth-order valence-corrected chi connectivity index (χ4v) is 3.23. The number of aryl methyl sites for hydroxylation is 2. The lowest BCUT2D eigenvalue weighted by atomic mass is 10.2. The number of aromatic nitrogens is 5. The maximum Gasteiger partial charge on any atom is 0.218 e. The quantitative estimate of drug-likeness (QED) is 0.712. The van der Waals surface area contributed by atoms with Gasteiger partial charge < -0.3 is 10.3 Å². The molecule has 0 aliphatic heterocycles. The van der Waals surface area contributed by atoms with Crippen LogP contribution in [0.1, 0.15) is 12.0 Å². The highest BCUT2D eigenvalue weighted by molar-refractivity contribution is 7.84. The fourth-order valence-electron chi connectivity index (χ4n) is 2.30. The SMILES string of the molecule is Cc1cnc(N)c2ncn(CCCS(=O)c3ncccn3)c12.